The van der Waals surface area contributed by atoms with E-state index in [1.807, 2.05) is 51.4 Å². The Bertz CT molecular complexity index is 591. The van der Waals surface area contributed by atoms with Crippen LogP contribution in [0.4, 0.5) is 11.4 Å². The van der Waals surface area contributed by atoms with E-state index >= 15 is 0 Å². The van der Waals surface area contributed by atoms with Crippen molar-refractivity contribution >= 4 is 17.3 Å². The molecule has 0 fully saturated rings. The first kappa shape index (κ1) is 14.0. The van der Waals surface area contributed by atoms with Crippen molar-refractivity contribution in [2.75, 3.05) is 10.6 Å². The topological polar surface area (TPSA) is 71.8 Å². The number of carbonyl (C=O) groups is 1. The van der Waals surface area contributed by atoms with E-state index in [0.717, 1.165) is 17.1 Å². The molecule has 6 heteroatoms. The molecule has 2 rings (SSSR count). The molecule has 0 aliphatic carbocycles. The summed E-state index contributed by atoms with van der Waals surface area (Å²) in [4.78, 5) is 11.7. The highest BCUT2D eigenvalue weighted by atomic mass is 16.1. The van der Waals surface area contributed by atoms with Gasteiger partial charge in [0.1, 0.15) is 5.69 Å². The van der Waals surface area contributed by atoms with Gasteiger partial charge in [0.2, 0.25) is 5.91 Å². The molecule has 2 N–H and O–H groups in total. The molecule has 0 aliphatic rings. The Morgan fingerprint density at radius 2 is 2.10 bits per heavy atom. The molecule has 1 aromatic carbocycles. The van der Waals surface area contributed by atoms with Gasteiger partial charge >= 0.3 is 0 Å². The molecule has 0 atom stereocenters. The molecule has 2 aromatic rings. The second kappa shape index (κ2) is 6.18. The smallest absolute Gasteiger partial charge is 0.226 e. The minimum atomic E-state index is -0.0359. The van der Waals surface area contributed by atoms with E-state index in [1.165, 1.54) is 0 Å². The third-order valence-electron chi connectivity index (χ3n) is 2.78. The van der Waals surface area contributed by atoms with Crippen molar-refractivity contribution in [1.82, 2.24) is 15.0 Å². The lowest BCUT2D eigenvalue weighted by Crippen LogP contribution is -2.17. The lowest BCUT2D eigenvalue weighted by molar-refractivity contribution is -0.118. The normalized spacial score (nSPS) is 10.6. The lowest BCUT2D eigenvalue weighted by Gasteiger charge is -2.10. The quantitative estimate of drug-likeness (QED) is 0.874. The fourth-order valence-electron chi connectivity index (χ4n) is 1.66. The van der Waals surface area contributed by atoms with Crippen molar-refractivity contribution < 1.29 is 4.79 Å². The molecule has 0 saturated heterocycles. The summed E-state index contributed by atoms with van der Waals surface area (Å²) in [6.07, 6.45) is 1.86. The van der Waals surface area contributed by atoms with Crippen LogP contribution in [0, 0.1) is 5.92 Å². The van der Waals surface area contributed by atoms with Crippen LogP contribution in [0.2, 0.25) is 0 Å². The van der Waals surface area contributed by atoms with E-state index in [-0.39, 0.29) is 11.8 Å². The van der Waals surface area contributed by atoms with Crippen molar-refractivity contribution in [2.24, 2.45) is 13.0 Å². The number of anilines is 2. The van der Waals surface area contributed by atoms with Crippen LogP contribution < -0.4 is 10.6 Å². The number of hydrogen-bond donors (Lipinski definition) is 2. The third kappa shape index (κ3) is 3.81. The van der Waals surface area contributed by atoms with Crippen molar-refractivity contribution in [1.29, 1.82) is 0 Å². The molecule has 0 bridgehead atoms. The molecule has 106 valence electrons. The average Bonchev–Trinajstić information content (AvgIpc) is 2.82. The number of nitrogens with one attached hydrogen (secondary N) is 2. The number of hydrogen-bond acceptors (Lipinski definition) is 4. The van der Waals surface area contributed by atoms with Gasteiger partial charge in [-0.1, -0.05) is 25.1 Å². The van der Waals surface area contributed by atoms with Crippen LogP contribution in [-0.4, -0.2) is 20.9 Å². The zero-order valence-electron chi connectivity index (χ0n) is 11.9. The summed E-state index contributed by atoms with van der Waals surface area (Å²) in [6.45, 7) is 4.33. The first-order chi connectivity index (χ1) is 9.54. The number of benzene rings is 1. The van der Waals surface area contributed by atoms with Crippen molar-refractivity contribution in [3.8, 4) is 0 Å². The molecular formula is C14H19N5O. The van der Waals surface area contributed by atoms with Gasteiger partial charge < -0.3 is 10.6 Å². The summed E-state index contributed by atoms with van der Waals surface area (Å²) < 4.78 is 1.66. The van der Waals surface area contributed by atoms with Crippen LogP contribution in [0.5, 0.6) is 0 Å². The standard InChI is InChI=1S/C14H19N5O/c1-10(2)14(20)16-12-6-4-5-11(7-12)15-8-13-9-19(3)18-17-13/h4-7,9-10,15H,8H2,1-3H3,(H,16,20). The molecule has 0 radical (unpaired) electrons. The number of amides is 1. The Morgan fingerprint density at radius 1 is 1.35 bits per heavy atom. The Morgan fingerprint density at radius 3 is 2.75 bits per heavy atom. The molecule has 6 nitrogen and oxygen atoms in total. The minimum absolute atomic E-state index is 0.0103. The van der Waals surface area contributed by atoms with Crippen LogP contribution in [0.25, 0.3) is 0 Å². The lowest BCUT2D eigenvalue weighted by atomic mass is 10.2. The van der Waals surface area contributed by atoms with E-state index in [2.05, 4.69) is 20.9 Å². The van der Waals surface area contributed by atoms with Gasteiger partial charge in [-0.3, -0.25) is 9.48 Å². The van der Waals surface area contributed by atoms with E-state index in [4.69, 9.17) is 0 Å². The number of rotatable bonds is 5. The van der Waals surface area contributed by atoms with Gasteiger partial charge in [0.15, 0.2) is 0 Å². The molecule has 1 amide bonds. The number of aryl methyl sites for hydroxylation is 1. The fraction of sp³-hybridized carbons (Fsp3) is 0.357. The Hall–Kier alpha value is -2.37. The second-order valence-corrected chi connectivity index (χ2v) is 4.96. The molecule has 20 heavy (non-hydrogen) atoms. The number of nitrogens with zero attached hydrogens (tertiary/aromatic N) is 3. The van der Waals surface area contributed by atoms with Gasteiger partial charge in [-0.25, -0.2) is 0 Å². The Labute approximate surface area is 118 Å². The molecular weight excluding hydrogens is 254 g/mol. The highest BCUT2D eigenvalue weighted by molar-refractivity contribution is 5.92. The highest BCUT2D eigenvalue weighted by Crippen LogP contribution is 2.16. The van der Waals surface area contributed by atoms with E-state index in [9.17, 15) is 4.79 Å². The maximum atomic E-state index is 11.7. The summed E-state index contributed by atoms with van der Waals surface area (Å²) in [5.41, 5.74) is 2.58. The molecule has 0 unspecified atom stereocenters. The monoisotopic (exact) mass is 273 g/mol. The molecule has 0 saturated carbocycles. The summed E-state index contributed by atoms with van der Waals surface area (Å²) >= 11 is 0. The highest BCUT2D eigenvalue weighted by Gasteiger charge is 2.07. The van der Waals surface area contributed by atoms with Crippen molar-refractivity contribution in [2.45, 2.75) is 20.4 Å². The minimum Gasteiger partial charge on any atom is -0.379 e. The maximum absolute atomic E-state index is 11.7. The number of aromatic nitrogens is 3. The van der Waals surface area contributed by atoms with Crippen molar-refractivity contribution in [3.05, 3.63) is 36.2 Å². The van der Waals surface area contributed by atoms with Gasteiger partial charge in [0, 0.05) is 30.5 Å². The molecule has 1 aromatic heterocycles. The van der Waals surface area contributed by atoms with E-state index < -0.39 is 0 Å². The first-order valence-electron chi connectivity index (χ1n) is 6.54. The summed E-state index contributed by atoms with van der Waals surface area (Å²) in [5, 5.41) is 14.0. The van der Waals surface area contributed by atoms with Crippen LogP contribution in [0.3, 0.4) is 0 Å². The first-order valence-corrected chi connectivity index (χ1v) is 6.54. The predicted octanol–water partition coefficient (Wildman–Crippen LogP) is 2.02. The molecule has 0 spiro atoms. The molecule has 1 heterocycles. The zero-order valence-corrected chi connectivity index (χ0v) is 11.9. The average molecular weight is 273 g/mol. The SMILES string of the molecule is CC(C)C(=O)Nc1cccc(NCc2cn(C)nn2)c1. The summed E-state index contributed by atoms with van der Waals surface area (Å²) in [5.74, 6) is -0.0257. The summed E-state index contributed by atoms with van der Waals surface area (Å²) in [6, 6.07) is 7.61. The van der Waals surface area contributed by atoms with Crippen LogP contribution in [0.15, 0.2) is 30.5 Å². The fourth-order valence-corrected chi connectivity index (χ4v) is 1.66. The Kier molecular flexibility index (Phi) is 4.34. The predicted molar refractivity (Wildman–Crippen MR) is 78.2 cm³/mol. The van der Waals surface area contributed by atoms with Crippen LogP contribution >= 0.6 is 0 Å². The Balaban J connectivity index is 1.97. The van der Waals surface area contributed by atoms with Gasteiger partial charge in [-0.2, -0.15) is 0 Å². The second-order valence-electron chi connectivity index (χ2n) is 4.96. The van der Waals surface area contributed by atoms with Crippen molar-refractivity contribution in [3.63, 3.8) is 0 Å². The van der Waals surface area contributed by atoms with E-state index in [0.29, 0.717) is 6.54 Å². The largest absolute Gasteiger partial charge is 0.379 e. The van der Waals surface area contributed by atoms with Gasteiger partial charge in [0.05, 0.1) is 6.54 Å². The van der Waals surface area contributed by atoms with Gasteiger partial charge in [0.25, 0.3) is 0 Å². The van der Waals surface area contributed by atoms with Crippen LogP contribution in [0.1, 0.15) is 19.5 Å². The van der Waals surface area contributed by atoms with Gasteiger partial charge in [-0.15, -0.1) is 5.10 Å². The number of carbonyl (C=O) groups excluding carboxylic acids is 1. The zero-order chi connectivity index (χ0) is 14.5. The van der Waals surface area contributed by atoms with E-state index in [1.54, 1.807) is 4.68 Å². The maximum Gasteiger partial charge on any atom is 0.226 e. The van der Waals surface area contributed by atoms with Crippen LogP contribution in [-0.2, 0) is 18.4 Å². The van der Waals surface area contributed by atoms with Gasteiger partial charge in [-0.05, 0) is 18.2 Å². The third-order valence-corrected chi connectivity index (χ3v) is 2.78. The summed E-state index contributed by atoms with van der Waals surface area (Å²) in [7, 11) is 1.83. The molecule has 0 aliphatic heterocycles.